The average molecular weight is 528 g/mol. The number of alkyl carbamates (subject to hydrolysis) is 1. The third kappa shape index (κ3) is 6.01. The van der Waals surface area contributed by atoms with Crippen molar-refractivity contribution in [3.05, 3.63) is 36.0 Å². The van der Waals surface area contributed by atoms with Crippen molar-refractivity contribution in [1.82, 2.24) is 15.2 Å². The summed E-state index contributed by atoms with van der Waals surface area (Å²) in [4.78, 5) is 44.6. The Balaban J connectivity index is 1.78. The highest BCUT2D eigenvalue weighted by Crippen LogP contribution is 2.35. The molecule has 1 fully saturated rings. The number of aryl methyl sites for hydroxylation is 1. The zero-order chi connectivity index (χ0) is 27.4. The molecule has 2 aromatic rings. The van der Waals surface area contributed by atoms with Crippen molar-refractivity contribution in [2.75, 3.05) is 13.2 Å². The van der Waals surface area contributed by atoms with Crippen LogP contribution in [0.1, 0.15) is 58.9 Å². The molecule has 4 rings (SSSR count). The molecule has 10 nitrogen and oxygen atoms in total. The van der Waals surface area contributed by atoms with Gasteiger partial charge < -0.3 is 24.6 Å². The molecule has 1 aromatic heterocycles. The van der Waals surface area contributed by atoms with Gasteiger partial charge in [0.05, 0.1) is 6.61 Å². The molecule has 3 heterocycles. The van der Waals surface area contributed by atoms with E-state index in [4.69, 9.17) is 14.2 Å². The summed E-state index contributed by atoms with van der Waals surface area (Å²) in [5.74, 6) is -1.38. The molecule has 206 valence electrons. The Hall–Kier alpha value is -3.40. The maximum atomic E-state index is 14.0. The van der Waals surface area contributed by atoms with Gasteiger partial charge in [-0.1, -0.05) is 32.9 Å². The maximum Gasteiger partial charge on any atom is 0.407 e. The Morgan fingerprint density at radius 3 is 2.71 bits per heavy atom. The van der Waals surface area contributed by atoms with Gasteiger partial charge in [-0.25, -0.2) is 14.6 Å². The molecular formula is C28H37N3O7. The number of ether oxygens (including phenoxy) is 3. The number of carboxylic acid groups (broad SMARTS) is 1. The number of hydrogen-bond donors (Lipinski definition) is 2. The molecule has 2 N–H and O–H groups in total. The molecule has 4 bridgehead atoms. The molecule has 4 atom stereocenters. The molecular weight excluding hydrogens is 490 g/mol. The van der Waals surface area contributed by atoms with E-state index in [1.54, 1.807) is 33.9 Å². The zero-order valence-corrected chi connectivity index (χ0v) is 22.4. The number of amides is 2. The summed E-state index contributed by atoms with van der Waals surface area (Å²) >= 11 is 0. The minimum absolute atomic E-state index is 0.00477. The second kappa shape index (κ2) is 11.6. The van der Waals surface area contributed by atoms with Crippen LogP contribution in [-0.4, -0.2) is 70.6 Å². The fourth-order valence-electron chi connectivity index (χ4n) is 5.08. The van der Waals surface area contributed by atoms with Crippen molar-refractivity contribution in [1.29, 1.82) is 0 Å². The Bertz CT molecular complexity index is 1180. The summed E-state index contributed by atoms with van der Waals surface area (Å²) in [5.41, 5.74) is 0.389. The second-order valence-electron chi connectivity index (χ2n) is 10.9. The molecule has 2 aliphatic rings. The van der Waals surface area contributed by atoms with Crippen molar-refractivity contribution in [3.63, 3.8) is 0 Å². The molecule has 1 unspecified atom stereocenters. The number of benzene rings is 1. The SMILES string of the molecule is CCOC1[C@H]2C[C@@H](C(=O)O)N1C(=O)[C@H](C(C)(C)C)NC(=O)OCCCCCc1ccc3ccnc(c3c1)O2. The monoisotopic (exact) mass is 527 g/mol. The summed E-state index contributed by atoms with van der Waals surface area (Å²) < 4.78 is 17.7. The van der Waals surface area contributed by atoms with Crippen LogP contribution in [0.2, 0.25) is 0 Å². The highest BCUT2D eigenvalue weighted by molar-refractivity contribution is 5.91. The van der Waals surface area contributed by atoms with E-state index in [9.17, 15) is 19.5 Å². The number of carboxylic acids is 1. The number of carbonyl (C=O) groups is 3. The minimum Gasteiger partial charge on any atom is -0.480 e. The number of nitrogens with one attached hydrogen (secondary N) is 1. The Labute approximate surface area is 222 Å². The van der Waals surface area contributed by atoms with Gasteiger partial charge in [0.15, 0.2) is 6.23 Å². The number of nitrogens with zero attached hydrogens (tertiary/aromatic N) is 2. The average Bonchev–Trinajstić information content (AvgIpc) is 3.21. The number of carbonyl (C=O) groups excluding carboxylic acids is 2. The van der Waals surface area contributed by atoms with Crippen molar-refractivity contribution in [2.24, 2.45) is 5.41 Å². The summed E-state index contributed by atoms with van der Waals surface area (Å²) in [5, 5.41) is 14.6. The van der Waals surface area contributed by atoms with Gasteiger partial charge in [0.25, 0.3) is 0 Å². The maximum absolute atomic E-state index is 14.0. The number of pyridine rings is 1. The van der Waals surface area contributed by atoms with Crippen LogP contribution in [0, 0.1) is 5.41 Å². The highest BCUT2D eigenvalue weighted by atomic mass is 16.6. The van der Waals surface area contributed by atoms with Gasteiger partial charge in [-0.2, -0.15) is 0 Å². The van der Waals surface area contributed by atoms with Crippen LogP contribution < -0.4 is 10.1 Å². The van der Waals surface area contributed by atoms with Crippen LogP contribution in [0.5, 0.6) is 5.88 Å². The van der Waals surface area contributed by atoms with Crippen LogP contribution in [0.4, 0.5) is 4.79 Å². The summed E-state index contributed by atoms with van der Waals surface area (Å²) in [6, 6.07) is 5.78. The van der Waals surface area contributed by atoms with Gasteiger partial charge in [0.1, 0.15) is 18.2 Å². The second-order valence-corrected chi connectivity index (χ2v) is 10.9. The number of aromatic nitrogens is 1. The van der Waals surface area contributed by atoms with Gasteiger partial charge in [-0.15, -0.1) is 0 Å². The fourth-order valence-corrected chi connectivity index (χ4v) is 5.08. The van der Waals surface area contributed by atoms with Gasteiger partial charge in [-0.3, -0.25) is 9.69 Å². The van der Waals surface area contributed by atoms with Crippen LogP contribution in [-0.2, 0) is 25.5 Å². The van der Waals surface area contributed by atoms with Gasteiger partial charge >= 0.3 is 12.1 Å². The van der Waals surface area contributed by atoms with E-state index >= 15 is 0 Å². The van der Waals surface area contributed by atoms with Gasteiger partial charge in [0.2, 0.25) is 11.8 Å². The molecule has 0 radical (unpaired) electrons. The van der Waals surface area contributed by atoms with E-state index in [1.165, 1.54) is 4.90 Å². The standard InChI is InChI=1S/C28H37N3O7/c1-5-36-25-21-16-20(26(33)34)31(25)24(32)22(28(2,3)4)30-27(35)37-14-8-6-7-9-17-10-11-18-12-13-29-23(38-21)19(18)15-17/h10-13,15,20-22,25H,5-9,14,16H2,1-4H3,(H,30,35)(H,33,34)/t20-,21+,22+,25?/m0/s1. The number of cyclic esters (lactones) is 1. The summed E-state index contributed by atoms with van der Waals surface area (Å²) in [6.07, 6.45) is 2.49. The Morgan fingerprint density at radius 2 is 2.00 bits per heavy atom. The van der Waals surface area contributed by atoms with Crippen molar-refractivity contribution in [2.45, 2.75) is 84.2 Å². The molecule has 1 aromatic carbocycles. The lowest BCUT2D eigenvalue weighted by molar-refractivity contribution is -0.163. The van der Waals surface area contributed by atoms with Crippen LogP contribution >= 0.6 is 0 Å². The highest BCUT2D eigenvalue weighted by Gasteiger charge is 2.52. The van der Waals surface area contributed by atoms with Gasteiger partial charge in [0, 0.05) is 24.6 Å². The first-order valence-electron chi connectivity index (χ1n) is 13.2. The smallest absolute Gasteiger partial charge is 0.407 e. The summed E-state index contributed by atoms with van der Waals surface area (Å²) in [6.45, 7) is 7.62. The lowest BCUT2D eigenvalue weighted by Gasteiger charge is -2.37. The molecule has 10 heteroatoms. The van der Waals surface area contributed by atoms with Crippen LogP contribution in [0.3, 0.4) is 0 Å². The predicted molar refractivity (Wildman–Crippen MR) is 140 cm³/mol. The molecule has 0 saturated carbocycles. The van der Waals surface area contributed by atoms with Crippen LogP contribution in [0.15, 0.2) is 30.5 Å². The minimum atomic E-state index is -1.21. The molecule has 2 amide bonds. The Kier molecular flexibility index (Phi) is 8.40. The van der Waals surface area contributed by atoms with Gasteiger partial charge in [-0.05, 0) is 61.1 Å². The first kappa shape index (κ1) is 27.6. The molecule has 1 saturated heterocycles. The lowest BCUT2D eigenvalue weighted by atomic mass is 9.85. The number of rotatable bonds is 3. The van der Waals surface area contributed by atoms with E-state index in [0.717, 1.165) is 35.6 Å². The first-order valence-corrected chi connectivity index (χ1v) is 13.2. The van der Waals surface area contributed by atoms with E-state index in [2.05, 4.69) is 16.4 Å². The van der Waals surface area contributed by atoms with E-state index < -0.39 is 47.8 Å². The van der Waals surface area contributed by atoms with Crippen molar-refractivity contribution >= 4 is 28.7 Å². The topological polar surface area (TPSA) is 127 Å². The molecule has 2 aliphatic heterocycles. The molecule has 0 spiro atoms. The normalized spacial score (nSPS) is 25.3. The first-order chi connectivity index (χ1) is 18.1. The fraction of sp³-hybridized carbons (Fsp3) is 0.571. The largest absolute Gasteiger partial charge is 0.480 e. The molecule has 0 aliphatic carbocycles. The number of hydrogen-bond acceptors (Lipinski definition) is 7. The van der Waals surface area contributed by atoms with E-state index in [-0.39, 0.29) is 19.6 Å². The van der Waals surface area contributed by atoms with E-state index in [1.807, 2.05) is 18.2 Å². The number of aliphatic carboxylic acids is 1. The summed E-state index contributed by atoms with van der Waals surface area (Å²) in [7, 11) is 0. The molecule has 38 heavy (non-hydrogen) atoms. The third-order valence-electron chi connectivity index (χ3n) is 7.04. The number of fused-ring (bicyclic) bond motifs is 3. The quantitative estimate of drug-likeness (QED) is 0.615. The third-order valence-corrected chi connectivity index (χ3v) is 7.04. The van der Waals surface area contributed by atoms with Crippen LogP contribution in [0.25, 0.3) is 10.8 Å². The van der Waals surface area contributed by atoms with E-state index in [0.29, 0.717) is 12.3 Å². The van der Waals surface area contributed by atoms with Crippen molar-refractivity contribution in [3.8, 4) is 5.88 Å². The van der Waals surface area contributed by atoms with Crippen molar-refractivity contribution < 1.29 is 33.7 Å². The Morgan fingerprint density at radius 1 is 1.21 bits per heavy atom. The predicted octanol–water partition coefficient (Wildman–Crippen LogP) is 3.90. The lowest BCUT2D eigenvalue weighted by Crippen LogP contribution is -2.59. The zero-order valence-electron chi connectivity index (χ0n) is 22.4.